The maximum absolute atomic E-state index is 12.7. The Morgan fingerprint density at radius 3 is 2.63 bits per heavy atom. The summed E-state index contributed by atoms with van der Waals surface area (Å²) >= 11 is 0. The molecule has 1 aromatic carbocycles. The fourth-order valence-corrected chi connectivity index (χ4v) is 2.90. The molecule has 5 heteroatoms. The van der Waals surface area contributed by atoms with Gasteiger partial charge in [-0.25, -0.2) is 0 Å². The van der Waals surface area contributed by atoms with E-state index in [9.17, 15) is 4.79 Å². The van der Waals surface area contributed by atoms with E-state index in [1.54, 1.807) is 29.7 Å². The predicted octanol–water partition coefficient (Wildman–Crippen LogP) is 4.10. The molecule has 2 aromatic heterocycles. The van der Waals surface area contributed by atoms with Crippen LogP contribution in [-0.4, -0.2) is 34.4 Å². The fraction of sp³-hybridized carbons (Fsp3) is 0.227. The van der Waals surface area contributed by atoms with Gasteiger partial charge >= 0.3 is 0 Å². The number of amides is 1. The van der Waals surface area contributed by atoms with Crippen molar-refractivity contribution in [1.29, 1.82) is 0 Å². The number of nitrogens with zero attached hydrogens (tertiary/aromatic N) is 3. The first-order chi connectivity index (χ1) is 13.2. The van der Waals surface area contributed by atoms with Crippen LogP contribution in [0.5, 0.6) is 0 Å². The van der Waals surface area contributed by atoms with E-state index in [1.165, 1.54) is 5.56 Å². The number of hydrogen-bond acceptors (Lipinski definition) is 4. The molecule has 5 nitrogen and oxygen atoms in total. The first-order valence-electron chi connectivity index (χ1n) is 9.11. The number of aromatic nitrogens is 2. The average Bonchev–Trinajstić information content (AvgIpc) is 2.73. The van der Waals surface area contributed by atoms with Gasteiger partial charge in [-0.15, -0.1) is 0 Å². The minimum Gasteiger partial charge on any atom is -0.354 e. The zero-order valence-electron chi connectivity index (χ0n) is 15.7. The number of carbonyl (C=O) groups is 1. The Kier molecular flexibility index (Phi) is 6.15. The largest absolute Gasteiger partial charge is 0.354 e. The summed E-state index contributed by atoms with van der Waals surface area (Å²) in [6, 6.07) is 13.9. The number of hydrogen-bond donors (Lipinski definition) is 1. The highest BCUT2D eigenvalue weighted by atomic mass is 16.2. The quantitative estimate of drug-likeness (QED) is 0.689. The molecule has 0 fully saturated rings. The fourth-order valence-electron chi connectivity index (χ4n) is 2.90. The third-order valence-electron chi connectivity index (χ3n) is 4.49. The van der Waals surface area contributed by atoms with Crippen molar-refractivity contribution in [3.63, 3.8) is 0 Å². The summed E-state index contributed by atoms with van der Waals surface area (Å²) in [5.41, 5.74) is 4.81. The Labute approximate surface area is 160 Å². The lowest BCUT2D eigenvalue weighted by Gasteiger charge is -2.18. The molecular weight excluding hydrogens is 336 g/mol. The lowest BCUT2D eigenvalue weighted by molar-refractivity contribution is 0.0796. The second-order valence-corrected chi connectivity index (χ2v) is 6.43. The van der Waals surface area contributed by atoms with Crippen LogP contribution in [0.3, 0.4) is 0 Å². The van der Waals surface area contributed by atoms with Crippen LogP contribution < -0.4 is 5.32 Å². The van der Waals surface area contributed by atoms with Crippen molar-refractivity contribution in [2.24, 2.45) is 0 Å². The molecule has 0 saturated carbocycles. The first-order valence-corrected chi connectivity index (χ1v) is 9.11. The van der Waals surface area contributed by atoms with Crippen LogP contribution in [0, 0.1) is 0 Å². The summed E-state index contributed by atoms with van der Waals surface area (Å²) in [5, 5.41) is 3.38. The third kappa shape index (κ3) is 4.91. The van der Waals surface area contributed by atoms with Crippen molar-refractivity contribution in [1.82, 2.24) is 14.9 Å². The molecular formula is C22H24N4O. The van der Waals surface area contributed by atoms with Crippen molar-refractivity contribution in [3.8, 4) is 0 Å². The molecule has 0 spiro atoms. The molecule has 0 aliphatic carbocycles. The van der Waals surface area contributed by atoms with Crippen molar-refractivity contribution >= 4 is 17.3 Å². The zero-order chi connectivity index (χ0) is 19.1. The van der Waals surface area contributed by atoms with E-state index in [1.807, 2.05) is 43.4 Å². The monoisotopic (exact) mass is 360 g/mol. The number of rotatable bonds is 7. The standard InChI is InChI=1S/C22H24N4O/c1-3-18-6-4-5-7-21(18)25-20-14-19(15-24-16-20)22(27)26(2)13-10-17-8-11-23-12-9-17/h4-9,11-12,14-16,25H,3,10,13H2,1-2H3. The number of likely N-dealkylation sites (N-methyl/N-ethyl adjacent to an activating group) is 1. The van der Waals surface area contributed by atoms with Crippen LogP contribution in [0.2, 0.25) is 0 Å². The molecule has 1 N–H and O–H groups in total. The lowest BCUT2D eigenvalue weighted by atomic mass is 10.1. The van der Waals surface area contributed by atoms with E-state index in [0.717, 1.165) is 29.8 Å². The molecule has 2 heterocycles. The van der Waals surface area contributed by atoms with Crippen molar-refractivity contribution in [2.75, 3.05) is 18.9 Å². The van der Waals surface area contributed by atoms with E-state index in [2.05, 4.69) is 28.3 Å². The highest BCUT2D eigenvalue weighted by molar-refractivity contribution is 5.94. The van der Waals surface area contributed by atoms with Crippen molar-refractivity contribution in [2.45, 2.75) is 19.8 Å². The molecule has 0 atom stereocenters. The number of pyridine rings is 2. The van der Waals surface area contributed by atoms with E-state index in [-0.39, 0.29) is 5.91 Å². The summed E-state index contributed by atoms with van der Waals surface area (Å²) in [6.45, 7) is 2.76. The molecule has 0 bridgehead atoms. The van der Waals surface area contributed by atoms with E-state index >= 15 is 0 Å². The summed E-state index contributed by atoms with van der Waals surface area (Å²) in [5.74, 6) is -0.0380. The topological polar surface area (TPSA) is 58.1 Å². The van der Waals surface area contributed by atoms with Crippen molar-refractivity contribution in [3.05, 3.63) is 83.9 Å². The van der Waals surface area contributed by atoms with Crippen LogP contribution >= 0.6 is 0 Å². The zero-order valence-corrected chi connectivity index (χ0v) is 15.7. The smallest absolute Gasteiger partial charge is 0.255 e. The number of para-hydroxylation sites is 1. The summed E-state index contributed by atoms with van der Waals surface area (Å²) in [6.07, 6.45) is 8.62. The normalized spacial score (nSPS) is 10.4. The van der Waals surface area contributed by atoms with Crippen LogP contribution in [0.15, 0.2) is 67.3 Å². The highest BCUT2D eigenvalue weighted by Crippen LogP contribution is 2.21. The maximum atomic E-state index is 12.7. The number of anilines is 2. The first kappa shape index (κ1) is 18.6. The molecule has 0 unspecified atom stereocenters. The van der Waals surface area contributed by atoms with Gasteiger partial charge in [0.25, 0.3) is 5.91 Å². The van der Waals surface area contributed by atoms with Gasteiger partial charge in [0.1, 0.15) is 0 Å². The number of benzene rings is 1. The number of carbonyl (C=O) groups excluding carboxylic acids is 1. The van der Waals surface area contributed by atoms with Gasteiger partial charge in [-0.1, -0.05) is 25.1 Å². The van der Waals surface area contributed by atoms with Crippen LogP contribution in [0.25, 0.3) is 0 Å². The SMILES string of the molecule is CCc1ccccc1Nc1cncc(C(=O)N(C)CCc2ccncc2)c1. The molecule has 3 aromatic rings. The summed E-state index contributed by atoms with van der Waals surface area (Å²) in [7, 11) is 1.82. The highest BCUT2D eigenvalue weighted by Gasteiger charge is 2.13. The van der Waals surface area contributed by atoms with Gasteiger partial charge in [-0.2, -0.15) is 0 Å². The maximum Gasteiger partial charge on any atom is 0.255 e. The molecule has 3 rings (SSSR count). The van der Waals surface area contributed by atoms with Gasteiger partial charge in [0, 0.05) is 37.9 Å². The Morgan fingerprint density at radius 1 is 1.07 bits per heavy atom. The number of aryl methyl sites for hydroxylation is 1. The Morgan fingerprint density at radius 2 is 1.85 bits per heavy atom. The lowest BCUT2D eigenvalue weighted by Crippen LogP contribution is -2.29. The van der Waals surface area contributed by atoms with Crippen LogP contribution in [0.1, 0.15) is 28.4 Å². The summed E-state index contributed by atoms with van der Waals surface area (Å²) < 4.78 is 0. The molecule has 0 aliphatic rings. The molecule has 138 valence electrons. The minimum atomic E-state index is -0.0380. The Balaban J connectivity index is 1.68. The molecule has 0 aliphatic heterocycles. The minimum absolute atomic E-state index is 0.0380. The third-order valence-corrected chi connectivity index (χ3v) is 4.49. The van der Waals surface area contributed by atoms with Gasteiger partial charge in [-0.05, 0) is 48.2 Å². The molecule has 0 radical (unpaired) electrons. The van der Waals surface area contributed by atoms with E-state index < -0.39 is 0 Å². The molecule has 1 amide bonds. The van der Waals surface area contributed by atoms with Gasteiger partial charge in [0.05, 0.1) is 17.4 Å². The average molecular weight is 360 g/mol. The van der Waals surface area contributed by atoms with Gasteiger partial charge in [0.15, 0.2) is 0 Å². The van der Waals surface area contributed by atoms with Crippen LogP contribution in [-0.2, 0) is 12.8 Å². The van der Waals surface area contributed by atoms with Crippen LogP contribution in [0.4, 0.5) is 11.4 Å². The number of nitrogens with one attached hydrogen (secondary N) is 1. The molecule has 0 saturated heterocycles. The van der Waals surface area contributed by atoms with Gasteiger partial charge < -0.3 is 10.2 Å². The predicted molar refractivity (Wildman–Crippen MR) is 108 cm³/mol. The van der Waals surface area contributed by atoms with E-state index in [4.69, 9.17) is 0 Å². The summed E-state index contributed by atoms with van der Waals surface area (Å²) in [4.78, 5) is 22.7. The Hall–Kier alpha value is -3.21. The van der Waals surface area contributed by atoms with E-state index in [0.29, 0.717) is 12.1 Å². The Bertz CT molecular complexity index is 896. The van der Waals surface area contributed by atoms with Gasteiger partial charge in [-0.3, -0.25) is 14.8 Å². The van der Waals surface area contributed by atoms with Crippen molar-refractivity contribution < 1.29 is 4.79 Å². The second-order valence-electron chi connectivity index (χ2n) is 6.43. The second kappa shape index (κ2) is 8.94. The molecule has 27 heavy (non-hydrogen) atoms. The van der Waals surface area contributed by atoms with Gasteiger partial charge in [0.2, 0.25) is 0 Å².